The minimum Gasteiger partial charge on any atom is -0.342 e. The van der Waals surface area contributed by atoms with Crippen LogP contribution in [0.5, 0.6) is 0 Å². The minimum absolute atomic E-state index is 0.0207. The van der Waals surface area contributed by atoms with Crippen molar-refractivity contribution in [1.29, 1.82) is 0 Å². The summed E-state index contributed by atoms with van der Waals surface area (Å²) in [6.45, 7) is 5.39. The molecule has 196 valence electrons. The number of nitrogens with zero attached hydrogens (tertiary/aromatic N) is 5. The fourth-order valence-corrected chi connectivity index (χ4v) is 6.16. The van der Waals surface area contributed by atoms with Crippen LogP contribution in [0.2, 0.25) is 0 Å². The van der Waals surface area contributed by atoms with Gasteiger partial charge in [0.05, 0.1) is 0 Å². The molecule has 0 unspecified atom stereocenters. The summed E-state index contributed by atoms with van der Waals surface area (Å²) in [5.74, 6) is 0.234. The quantitative estimate of drug-likeness (QED) is 0.626. The third-order valence-corrected chi connectivity index (χ3v) is 8.15. The highest BCUT2D eigenvalue weighted by Gasteiger charge is 2.36. The minimum atomic E-state index is 0.0207. The average molecular weight is 504 g/mol. The van der Waals surface area contributed by atoms with Crippen molar-refractivity contribution in [3.8, 4) is 0 Å². The molecule has 3 aliphatic rings. The van der Waals surface area contributed by atoms with Gasteiger partial charge in [-0.15, -0.1) is 0 Å². The van der Waals surface area contributed by atoms with E-state index < -0.39 is 0 Å². The van der Waals surface area contributed by atoms with Crippen LogP contribution in [-0.2, 0) is 27.5 Å². The molecule has 3 aliphatic heterocycles. The van der Waals surface area contributed by atoms with Crippen LogP contribution in [0.3, 0.4) is 0 Å². The predicted octanol–water partition coefficient (Wildman–Crippen LogP) is 3.21. The Morgan fingerprint density at radius 3 is 2.54 bits per heavy atom. The van der Waals surface area contributed by atoms with Crippen molar-refractivity contribution in [1.82, 2.24) is 19.7 Å². The van der Waals surface area contributed by atoms with Crippen LogP contribution in [0.4, 0.5) is 5.69 Å². The third-order valence-electron chi connectivity index (χ3n) is 8.15. The highest BCUT2D eigenvalue weighted by atomic mass is 16.2. The summed E-state index contributed by atoms with van der Waals surface area (Å²) < 4.78 is 0. The highest BCUT2D eigenvalue weighted by Crippen LogP contribution is 2.32. The summed E-state index contributed by atoms with van der Waals surface area (Å²) in [7, 11) is 0. The number of benzene rings is 1. The Bertz CT molecular complexity index is 1120. The monoisotopic (exact) mass is 503 g/mol. The molecular weight excluding hydrogens is 466 g/mol. The van der Waals surface area contributed by atoms with Crippen LogP contribution in [0.15, 0.2) is 48.8 Å². The van der Waals surface area contributed by atoms with Crippen molar-refractivity contribution < 1.29 is 14.4 Å². The molecule has 0 radical (unpaired) electrons. The summed E-state index contributed by atoms with van der Waals surface area (Å²) >= 11 is 0. The lowest BCUT2D eigenvalue weighted by atomic mass is 10.1. The number of carbonyl (C=O) groups is 3. The summed E-state index contributed by atoms with van der Waals surface area (Å²) in [6, 6.07) is 12.6. The van der Waals surface area contributed by atoms with Gasteiger partial charge in [0.2, 0.25) is 17.7 Å². The molecule has 0 aliphatic carbocycles. The maximum atomic E-state index is 13.7. The fraction of sp³-hybridized carbons (Fsp3) is 0.517. The number of anilines is 1. The lowest BCUT2D eigenvalue weighted by molar-refractivity contribution is -0.134. The van der Waals surface area contributed by atoms with Crippen molar-refractivity contribution in [2.45, 2.75) is 70.6 Å². The molecule has 3 amide bonds. The van der Waals surface area contributed by atoms with E-state index in [1.165, 1.54) is 5.56 Å². The number of likely N-dealkylation sites (tertiary alicyclic amines) is 1. The Balaban J connectivity index is 1.44. The van der Waals surface area contributed by atoms with Gasteiger partial charge in [-0.2, -0.15) is 0 Å². The summed E-state index contributed by atoms with van der Waals surface area (Å²) in [5.41, 5.74) is 3.08. The fourth-order valence-electron chi connectivity index (χ4n) is 6.16. The molecule has 2 saturated heterocycles. The van der Waals surface area contributed by atoms with E-state index in [0.717, 1.165) is 50.0 Å². The molecule has 5 rings (SSSR count). The van der Waals surface area contributed by atoms with E-state index in [1.54, 1.807) is 6.92 Å². The van der Waals surface area contributed by atoms with Gasteiger partial charge in [-0.25, -0.2) is 0 Å². The number of aromatic nitrogens is 1. The van der Waals surface area contributed by atoms with Crippen LogP contribution in [0.25, 0.3) is 0 Å². The van der Waals surface area contributed by atoms with E-state index in [9.17, 15) is 14.4 Å². The van der Waals surface area contributed by atoms with Crippen LogP contribution in [-0.4, -0.2) is 75.7 Å². The standard InChI is InChI=1S/C29H37N5O3/c1-22(35)33-18-12-25-8-9-26(34(25)19-23-10-14-30-15-11-23)21-32(20-24-5-2-3-6-27(24)33)29(37)13-17-31-16-4-7-28(31)36/h2-3,5-6,10-11,14-15,25-26H,4,7-9,12-13,16-21H2,1H3/t25-,26+/m1/s1. The van der Waals surface area contributed by atoms with Crippen molar-refractivity contribution in [3.63, 3.8) is 0 Å². The Hall–Kier alpha value is -3.26. The maximum Gasteiger partial charge on any atom is 0.224 e. The zero-order chi connectivity index (χ0) is 25.8. The van der Waals surface area contributed by atoms with E-state index >= 15 is 0 Å². The number of pyridine rings is 1. The molecule has 37 heavy (non-hydrogen) atoms. The predicted molar refractivity (Wildman–Crippen MR) is 142 cm³/mol. The van der Waals surface area contributed by atoms with Gasteiger partial charge in [-0.05, 0) is 55.0 Å². The lowest BCUT2D eigenvalue weighted by Crippen LogP contribution is -2.45. The van der Waals surface area contributed by atoms with Gasteiger partial charge in [0.15, 0.2) is 0 Å². The SMILES string of the molecule is CC(=O)N1CC[C@H]2CC[C@@H](CN(C(=O)CCN3CCCC3=O)Cc3ccccc31)N2Cc1ccncc1. The van der Waals surface area contributed by atoms with E-state index in [2.05, 4.69) is 22.0 Å². The van der Waals surface area contributed by atoms with Crippen LogP contribution < -0.4 is 4.90 Å². The number of amides is 3. The van der Waals surface area contributed by atoms with Crippen LogP contribution in [0.1, 0.15) is 56.6 Å². The molecule has 8 nitrogen and oxygen atoms in total. The first-order chi connectivity index (χ1) is 18.0. The Kier molecular flexibility index (Phi) is 7.84. The van der Waals surface area contributed by atoms with E-state index in [-0.39, 0.29) is 23.8 Å². The summed E-state index contributed by atoms with van der Waals surface area (Å²) in [5, 5.41) is 0. The molecular formula is C29H37N5O3. The highest BCUT2D eigenvalue weighted by molar-refractivity contribution is 5.92. The zero-order valence-corrected chi connectivity index (χ0v) is 21.7. The summed E-state index contributed by atoms with van der Waals surface area (Å²) in [6.07, 6.45) is 8.39. The van der Waals surface area contributed by atoms with E-state index in [0.29, 0.717) is 45.1 Å². The molecule has 4 heterocycles. The lowest BCUT2D eigenvalue weighted by Gasteiger charge is -2.34. The number of carbonyl (C=O) groups excluding carboxylic acids is 3. The van der Waals surface area contributed by atoms with Crippen LogP contribution >= 0.6 is 0 Å². The average Bonchev–Trinajstić information content (AvgIpc) is 3.47. The van der Waals surface area contributed by atoms with Crippen molar-refractivity contribution in [2.75, 3.05) is 31.1 Å². The second kappa shape index (κ2) is 11.4. The molecule has 0 spiro atoms. The number of para-hydroxylation sites is 1. The van der Waals surface area contributed by atoms with Crippen molar-refractivity contribution in [3.05, 3.63) is 59.9 Å². The second-order valence-electron chi connectivity index (χ2n) is 10.5. The molecule has 1 aromatic carbocycles. The number of hydrogen-bond acceptors (Lipinski definition) is 5. The largest absolute Gasteiger partial charge is 0.342 e. The van der Waals surface area contributed by atoms with E-state index in [4.69, 9.17) is 0 Å². The number of rotatable bonds is 5. The van der Waals surface area contributed by atoms with Crippen LogP contribution in [0, 0.1) is 0 Å². The van der Waals surface area contributed by atoms with Gasteiger partial charge in [0.25, 0.3) is 0 Å². The van der Waals surface area contributed by atoms with Gasteiger partial charge in [-0.3, -0.25) is 24.3 Å². The Morgan fingerprint density at radius 1 is 1.00 bits per heavy atom. The van der Waals surface area contributed by atoms with Gasteiger partial charge >= 0.3 is 0 Å². The first kappa shape index (κ1) is 25.4. The molecule has 2 fully saturated rings. The van der Waals surface area contributed by atoms with Gasteiger partial charge in [-0.1, -0.05) is 18.2 Å². The normalized spacial score (nSPS) is 22.6. The second-order valence-corrected chi connectivity index (χ2v) is 10.5. The molecule has 0 saturated carbocycles. The third kappa shape index (κ3) is 5.85. The maximum absolute atomic E-state index is 13.7. The zero-order valence-electron chi connectivity index (χ0n) is 21.7. The molecule has 2 bridgehead atoms. The molecule has 0 N–H and O–H groups in total. The van der Waals surface area contributed by atoms with Gasteiger partial charge in [0.1, 0.15) is 0 Å². The number of hydrogen-bond donors (Lipinski definition) is 0. The smallest absolute Gasteiger partial charge is 0.224 e. The van der Waals surface area contributed by atoms with E-state index in [1.807, 2.05) is 51.4 Å². The first-order valence-electron chi connectivity index (χ1n) is 13.6. The van der Waals surface area contributed by atoms with Crippen molar-refractivity contribution in [2.24, 2.45) is 0 Å². The van der Waals surface area contributed by atoms with Gasteiger partial charge < -0.3 is 14.7 Å². The van der Waals surface area contributed by atoms with Gasteiger partial charge in [0, 0.05) is 89.2 Å². The molecule has 8 heteroatoms. The first-order valence-corrected chi connectivity index (χ1v) is 13.6. The molecule has 2 atom stereocenters. The topological polar surface area (TPSA) is 77.1 Å². The number of fused-ring (bicyclic) bond motifs is 3. The molecule has 1 aromatic heterocycles. The Morgan fingerprint density at radius 2 is 1.78 bits per heavy atom. The molecule has 2 aromatic rings. The summed E-state index contributed by atoms with van der Waals surface area (Å²) in [4.78, 5) is 50.9. The van der Waals surface area contributed by atoms with Crippen molar-refractivity contribution >= 4 is 23.4 Å². The Labute approximate surface area is 219 Å².